The standard InChI is InChI=1S/C11H16O/c1-2-8-4-3-5-9-6-10(12)7-11(8)9/h6,8,11H,2-5,7H2,1H3/t8-,11-/m0/s1. The summed E-state index contributed by atoms with van der Waals surface area (Å²) in [6, 6.07) is 0. The summed E-state index contributed by atoms with van der Waals surface area (Å²) in [5.74, 6) is 1.81. The smallest absolute Gasteiger partial charge is 0.156 e. The molecule has 0 N–H and O–H groups in total. The predicted molar refractivity (Wildman–Crippen MR) is 48.8 cm³/mol. The largest absolute Gasteiger partial charge is 0.295 e. The predicted octanol–water partition coefficient (Wildman–Crippen LogP) is 2.71. The fourth-order valence-electron chi connectivity index (χ4n) is 2.71. The first kappa shape index (κ1) is 8.03. The van der Waals surface area contributed by atoms with Gasteiger partial charge >= 0.3 is 0 Å². The van der Waals surface area contributed by atoms with Crippen LogP contribution in [0.4, 0.5) is 0 Å². The maximum atomic E-state index is 11.2. The van der Waals surface area contributed by atoms with Crippen molar-refractivity contribution in [1.29, 1.82) is 0 Å². The van der Waals surface area contributed by atoms with Crippen LogP contribution < -0.4 is 0 Å². The molecule has 2 rings (SSSR count). The monoisotopic (exact) mass is 164 g/mol. The maximum absolute atomic E-state index is 11.2. The Morgan fingerprint density at radius 2 is 2.42 bits per heavy atom. The second-order valence-corrected chi connectivity index (χ2v) is 4.06. The molecule has 0 amide bonds. The fourth-order valence-corrected chi connectivity index (χ4v) is 2.71. The molecular formula is C11H16O. The highest BCUT2D eigenvalue weighted by Gasteiger charge is 2.33. The lowest BCUT2D eigenvalue weighted by molar-refractivity contribution is -0.114. The first-order chi connectivity index (χ1) is 5.81. The Balaban J connectivity index is 2.16. The van der Waals surface area contributed by atoms with Gasteiger partial charge < -0.3 is 0 Å². The Hall–Kier alpha value is -0.590. The molecule has 1 heteroatoms. The Kier molecular flexibility index (Phi) is 2.03. The van der Waals surface area contributed by atoms with E-state index >= 15 is 0 Å². The summed E-state index contributed by atoms with van der Waals surface area (Å²) in [7, 11) is 0. The SMILES string of the molecule is CC[C@H]1CCCC2=CC(=O)C[C@H]21. The highest BCUT2D eigenvalue weighted by molar-refractivity contribution is 5.93. The summed E-state index contributed by atoms with van der Waals surface area (Å²) in [5, 5.41) is 0. The van der Waals surface area contributed by atoms with Crippen LogP contribution in [0.1, 0.15) is 39.0 Å². The zero-order valence-electron chi connectivity index (χ0n) is 7.68. The summed E-state index contributed by atoms with van der Waals surface area (Å²) < 4.78 is 0. The molecule has 0 saturated heterocycles. The van der Waals surface area contributed by atoms with Crippen LogP contribution in [0.2, 0.25) is 0 Å². The van der Waals surface area contributed by atoms with Gasteiger partial charge in [0.05, 0.1) is 0 Å². The van der Waals surface area contributed by atoms with Gasteiger partial charge in [-0.3, -0.25) is 4.79 Å². The van der Waals surface area contributed by atoms with Crippen molar-refractivity contribution in [3.05, 3.63) is 11.6 Å². The highest BCUT2D eigenvalue weighted by Crippen LogP contribution is 2.41. The van der Waals surface area contributed by atoms with Gasteiger partial charge in [-0.05, 0) is 37.2 Å². The topological polar surface area (TPSA) is 17.1 Å². The molecule has 0 spiro atoms. The van der Waals surface area contributed by atoms with Crippen LogP contribution >= 0.6 is 0 Å². The third-order valence-electron chi connectivity index (χ3n) is 3.38. The quantitative estimate of drug-likeness (QED) is 0.582. The van der Waals surface area contributed by atoms with Gasteiger partial charge in [-0.15, -0.1) is 0 Å². The minimum atomic E-state index is 0.371. The summed E-state index contributed by atoms with van der Waals surface area (Å²) in [6.07, 6.45) is 7.79. The van der Waals surface area contributed by atoms with Crippen LogP contribution in [0.25, 0.3) is 0 Å². The van der Waals surface area contributed by atoms with Gasteiger partial charge in [-0.1, -0.05) is 18.9 Å². The van der Waals surface area contributed by atoms with E-state index in [0.29, 0.717) is 11.7 Å². The van der Waals surface area contributed by atoms with Gasteiger partial charge in [0.15, 0.2) is 5.78 Å². The van der Waals surface area contributed by atoms with Gasteiger partial charge in [0.1, 0.15) is 0 Å². The van der Waals surface area contributed by atoms with E-state index in [1.807, 2.05) is 6.08 Å². The average Bonchev–Trinajstić information content (AvgIpc) is 2.44. The number of allylic oxidation sites excluding steroid dienone is 2. The zero-order chi connectivity index (χ0) is 8.55. The molecule has 12 heavy (non-hydrogen) atoms. The number of fused-ring (bicyclic) bond motifs is 1. The molecule has 1 nitrogen and oxygen atoms in total. The molecule has 0 aliphatic heterocycles. The second-order valence-electron chi connectivity index (χ2n) is 4.06. The minimum Gasteiger partial charge on any atom is -0.295 e. The summed E-state index contributed by atoms with van der Waals surface area (Å²) in [4.78, 5) is 11.2. The Morgan fingerprint density at radius 3 is 3.17 bits per heavy atom. The van der Waals surface area contributed by atoms with Crippen molar-refractivity contribution in [2.75, 3.05) is 0 Å². The molecule has 0 unspecified atom stereocenters. The first-order valence-electron chi connectivity index (χ1n) is 5.04. The summed E-state index contributed by atoms with van der Waals surface area (Å²) in [5.41, 5.74) is 1.46. The van der Waals surface area contributed by atoms with Gasteiger partial charge in [0.25, 0.3) is 0 Å². The first-order valence-corrected chi connectivity index (χ1v) is 5.04. The van der Waals surface area contributed by atoms with Gasteiger partial charge in [-0.2, -0.15) is 0 Å². The molecule has 0 aromatic carbocycles. The van der Waals surface area contributed by atoms with E-state index in [4.69, 9.17) is 0 Å². The minimum absolute atomic E-state index is 0.371. The lowest BCUT2D eigenvalue weighted by Crippen LogP contribution is -2.19. The van der Waals surface area contributed by atoms with E-state index in [9.17, 15) is 4.79 Å². The molecule has 0 bridgehead atoms. The molecule has 1 saturated carbocycles. The molecular weight excluding hydrogens is 148 g/mol. The van der Waals surface area contributed by atoms with E-state index in [2.05, 4.69) is 6.92 Å². The van der Waals surface area contributed by atoms with Crippen LogP contribution in [0, 0.1) is 11.8 Å². The van der Waals surface area contributed by atoms with Gasteiger partial charge in [0.2, 0.25) is 0 Å². The van der Waals surface area contributed by atoms with Gasteiger partial charge in [0, 0.05) is 6.42 Å². The summed E-state index contributed by atoms with van der Waals surface area (Å²) in [6.45, 7) is 2.25. The summed E-state index contributed by atoms with van der Waals surface area (Å²) >= 11 is 0. The van der Waals surface area contributed by atoms with E-state index < -0.39 is 0 Å². The molecule has 2 atom stereocenters. The van der Waals surface area contributed by atoms with Crippen molar-refractivity contribution in [2.45, 2.75) is 39.0 Å². The van der Waals surface area contributed by atoms with Crippen LogP contribution in [0.3, 0.4) is 0 Å². The Morgan fingerprint density at radius 1 is 1.58 bits per heavy atom. The van der Waals surface area contributed by atoms with E-state index in [-0.39, 0.29) is 0 Å². The highest BCUT2D eigenvalue weighted by atomic mass is 16.1. The zero-order valence-corrected chi connectivity index (χ0v) is 7.68. The maximum Gasteiger partial charge on any atom is 0.156 e. The average molecular weight is 164 g/mol. The number of hydrogen-bond donors (Lipinski definition) is 0. The lowest BCUT2D eigenvalue weighted by atomic mass is 9.76. The van der Waals surface area contributed by atoms with Crippen LogP contribution in [0.15, 0.2) is 11.6 Å². The fraction of sp³-hybridized carbons (Fsp3) is 0.727. The van der Waals surface area contributed by atoms with E-state index in [1.165, 1.54) is 31.3 Å². The third-order valence-corrected chi connectivity index (χ3v) is 3.38. The molecule has 0 aromatic rings. The van der Waals surface area contributed by atoms with Crippen molar-refractivity contribution in [3.63, 3.8) is 0 Å². The van der Waals surface area contributed by atoms with Crippen molar-refractivity contribution in [3.8, 4) is 0 Å². The number of rotatable bonds is 1. The molecule has 2 aliphatic carbocycles. The van der Waals surface area contributed by atoms with Gasteiger partial charge in [-0.25, -0.2) is 0 Å². The Bertz CT molecular complexity index is 227. The van der Waals surface area contributed by atoms with Crippen molar-refractivity contribution in [1.82, 2.24) is 0 Å². The molecule has 0 radical (unpaired) electrons. The molecule has 0 heterocycles. The number of carbonyl (C=O) groups is 1. The number of ketones is 1. The normalized spacial score (nSPS) is 34.8. The lowest BCUT2D eigenvalue weighted by Gasteiger charge is -2.29. The molecule has 66 valence electrons. The molecule has 2 aliphatic rings. The van der Waals surface area contributed by atoms with Crippen molar-refractivity contribution >= 4 is 5.78 Å². The van der Waals surface area contributed by atoms with Crippen LogP contribution in [-0.2, 0) is 4.79 Å². The number of hydrogen-bond acceptors (Lipinski definition) is 1. The molecule has 1 fully saturated rings. The van der Waals surface area contributed by atoms with E-state index in [0.717, 1.165) is 12.3 Å². The third kappa shape index (κ3) is 1.21. The van der Waals surface area contributed by atoms with Crippen molar-refractivity contribution in [2.24, 2.45) is 11.8 Å². The number of carbonyl (C=O) groups excluding carboxylic acids is 1. The second kappa shape index (κ2) is 3.04. The van der Waals surface area contributed by atoms with Crippen LogP contribution in [-0.4, -0.2) is 5.78 Å². The van der Waals surface area contributed by atoms with E-state index in [1.54, 1.807) is 0 Å². The Labute approximate surface area is 73.8 Å². The van der Waals surface area contributed by atoms with Crippen molar-refractivity contribution < 1.29 is 4.79 Å². The van der Waals surface area contributed by atoms with Crippen LogP contribution in [0.5, 0.6) is 0 Å². The molecule has 0 aromatic heterocycles.